The van der Waals surface area contributed by atoms with Gasteiger partial charge in [0, 0.05) is 26.7 Å². The van der Waals surface area contributed by atoms with E-state index in [0.717, 1.165) is 0 Å². The van der Waals surface area contributed by atoms with Gasteiger partial charge < -0.3 is 10.2 Å². The number of nitrogens with zero attached hydrogens (tertiary/aromatic N) is 2. The molecule has 1 N–H and O–H groups in total. The van der Waals surface area contributed by atoms with Crippen molar-refractivity contribution in [1.29, 1.82) is 0 Å². The summed E-state index contributed by atoms with van der Waals surface area (Å²) in [5.41, 5.74) is 0.708. The molecule has 0 spiro atoms. The quantitative estimate of drug-likeness (QED) is 0.807. The standard InChI is InChI=1S/C13H22FN3O2S/c1-15-10-11-5-6-13(12(14)9-11)20(18,19)17(4)8-7-16(2)3/h5-6,9,15H,7-8,10H2,1-4H3. The highest BCUT2D eigenvalue weighted by Gasteiger charge is 2.24. The zero-order chi connectivity index (χ0) is 15.3. The average molecular weight is 303 g/mol. The molecule has 114 valence electrons. The lowest BCUT2D eigenvalue weighted by atomic mass is 10.2. The van der Waals surface area contributed by atoms with Crippen molar-refractivity contribution in [2.45, 2.75) is 11.4 Å². The van der Waals surface area contributed by atoms with E-state index in [0.29, 0.717) is 25.2 Å². The monoisotopic (exact) mass is 303 g/mol. The number of benzene rings is 1. The second kappa shape index (κ2) is 7.12. The number of halogens is 1. The predicted molar refractivity (Wildman–Crippen MR) is 77.5 cm³/mol. The first-order chi connectivity index (χ1) is 9.28. The van der Waals surface area contributed by atoms with Crippen molar-refractivity contribution in [3.63, 3.8) is 0 Å². The van der Waals surface area contributed by atoms with E-state index in [1.807, 2.05) is 19.0 Å². The van der Waals surface area contributed by atoms with E-state index >= 15 is 0 Å². The molecule has 0 aliphatic heterocycles. The van der Waals surface area contributed by atoms with Crippen molar-refractivity contribution < 1.29 is 12.8 Å². The van der Waals surface area contributed by atoms with Crippen LogP contribution < -0.4 is 5.32 Å². The second-order valence-electron chi connectivity index (χ2n) is 4.92. The summed E-state index contributed by atoms with van der Waals surface area (Å²) in [6, 6.07) is 4.19. The van der Waals surface area contributed by atoms with Gasteiger partial charge in [0.2, 0.25) is 10.0 Å². The van der Waals surface area contributed by atoms with Crippen LogP contribution in [-0.4, -0.2) is 58.9 Å². The summed E-state index contributed by atoms with van der Waals surface area (Å²) < 4.78 is 39.7. The van der Waals surface area contributed by atoms with Gasteiger partial charge in [0.05, 0.1) is 0 Å². The summed E-state index contributed by atoms with van der Waals surface area (Å²) in [5.74, 6) is -0.713. The fourth-order valence-electron chi connectivity index (χ4n) is 1.70. The van der Waals surface area contributed by atoms with Crippen LogP contribution >= 0.6 is 0 Å². The maximum atomic E-state index is 14.0. The second-order valence-corrected chi connectivity index (χ2v) is 6.94. The summed E-state index contributed by atoms with van der Waals surface area (Å²) in [4.78, 5) is 1.59. The van der Waals surface area contributed by atoms with E-state index in [2.05, 4.69) is 5.32 Å². The topological polar surface area (TPSA) is 52.7 Å². The minimum absolute atomic E-state index is 0.279. The molecule has 0 amide bonds. The van der Waals surface area contributed by atoms with Crippen LogP contribution in [0.4, 0.5) is 4.39 Å². The maximum Gasteiger partial charge on any atom is 0.245 e. The minimum Gasteiger partial charge on any atom is -0.316 e. The summed E-state index contributed by atoms with van der Waals surface area (Å²) in [6.45, 7) is 1.38. The van der Waals surface area contributed by atoms with Crippen molar-refractivity contribution in [2.24, 2.45) is 0 Å². The first-order valence-electron chi connectivity index (χ1n) is 6.33. The third kappa shape index (κ3) is 4.24. The van der Waals surface area contributed by atoms with Gasteiger partial charge >= 0.3 is 0 Å². The van der Waals surface area contributed by atoms with Gasteiger partial charge in [0.25, 0.3) is 0 Å². The lowest BCUT2D eigenvalue weighted by Gasteiger charge is -2.20. The van der Waals surface area contributed by atoms with Gasteiger partial charge in [0.15, 0.2) is 0 Å². The minimum atomic E-state index is -3.79. The molecule has 0 atom stereocenters. The van der Waals surface area contributed by atoms with Crippen LogP contribution in [0.25, 0.3) is 0 Å². The Balaban J connectivity index is 2.97. The first kappa shape index (κ1) is 17.0. The molecule has 20 heavy (non-hydrogen) atoms. The molecule has 1 aromatic rings. The highest BCUT2D eigenvalue weighted by molar-refractivity contribution is 7.89. The average Bonchev–Trinajstić information content (AvgIpc) is 2.35. The first-order valence-corrected chi connectivity index (χ1v) is 7.77. The lowest BCUT2D eigenvalue weighted by molar-refractivity contribution is 0.357. The summed E-state index contributed by atoms with van der Waals surface area (Å²) in [6.07, 6.45) is 0. The van der Waals surface area contributed by atoms with Crippen LogP contribution in [0.15, 0.2) is 23.1 Å². The van der Waals surface area contributed by atoms with E-state index in [9.17, 15) is 12.8 Å². The highest BCUT2D eigenvalue weighted by atomic mass is 32.2. The summed E-state index contributed by atoms with van der Waals surface area (Å²) in [7, 11) is 3.13. The molecule has 0 radical (unpaired) electrons. The molecule has 0 saturated heterocycles. The Morgan fingerprint density at radius 3 is 2.35 bits per heavy atom. The van der Waals surface area contributed by atoms with Crippen molar-refractivity contribution in [3.05, 3.63) is 29.6 Å². The highest BCUT2D eigenvalue weighted by Crippen LogP contribution is 2.19. The van der Waals surface area contributed by atoms with Crippen molar-refractivity contribution in [3.8, 4) is 0 Å². The summed E-state index contributed by atoms with van der Waals surface area (Å²) >= 11 is 0. The normalized spacial score (nSPS) is 12.3. The Morgan fingerprint density at radius 1 is 1.20 bits per heavy atom. The van der Waals surface area contributed by atoms with Crippen molar-refractivity contribution in [2.75, 3.05) is 41.3 Å². The third-order valence-corrected chi connectivity index (χ3v) is 4.82. The summed E-state index contributed by atoms with van der Waals surface area (Å²) in [5, 5.41) is 2.89. The lowest BCUT2D eigenvalue weighted by Crippen LogP contribution is -2.34. The molecule has 0 bridgehead atoms. The molecule has 0 saturated carbocycles. The van der Waals surface area contributed by atoms with E-state index in [1.54, 1.807) is 13.1 Å². The third-order valence-electron chi connectivity index (χ3n) is 2.93. The van der Waals surface area contributed by atoms with Crippen LogP contribution in [0.5, 0.6) is 0 Å². The molecular weight excluding hydrogens is 281 g/mol. The van der Waals surface area contributed by atoms with Gasteiger partial charge in [-0.25, -0.2) is 12.8 Å². The molecule has 1 rings (SSSR count). The van der Waals surface area contributed by atoms with Crippen LogP contribution in [0, 0.1) is 5.82 Å². The number of rotatable bonds is 7. The number of nitrogens with one attached hydrogen (secondary N) is 1. The van der Waals surface area contributed by atoms with Gasteiger partial charge in [-0.15, -0.1) is 0 Å². The Hall–Kier alpha value is -1.02. The molecule has 5 nitrogen and oxygen atoms in total. The molecule has 0 heterocycles. The van der Waals surface area contributed by atoms with Crippen LogP contribution in [0.1, 0.15) is 5.56 Å². The smallest absolute Gasteiger partial charge is 0.245 e. The molecule has 0 fully saturated rings. The Morgan fingerprint density at radius 2 is 1.85 bits per heavy atom. The number of likely N-dealkylation sites (N-methyl/N-ethyl adjacent to an activating group) is 2. The van der Waals surface area contributed by atoms with Crippen molar-refractivity contribution in [1.82, 2.24) is 14.5 Å². The maximum absolute atomic E-state index is 14.0. The van der Waals surface area contributed by atoms with Gasteiger partial charge in [-0.1, -0.05) is 6.07 Å². The molecule has 0 aromatic heterocycles. The van der Waals surface area contributed by atoms with Crippen LogP contribution in [-0.2, 0) is 16.6 Å². The van der Waals surface area contributed by atoms with E-state index in [-0.39, 0.29) is 4.90 Å². The van der Waals surface area contributed by atoms with E-state index in [4.69, 9.17) is 0 Å². The molecular formula is C13H22FN3O2S. The zero-order valence-electron chi connectivity index (χ0n) is 12.4. The molecule has 0 aliphatic rings. The van der Waals surface area contributed by atoms with Crippen LogP contribution in [0.3, 0.4) is 0 Å². The number of hydrogen-bond acceptors (Lipinski definition) is 4. The fraction of sp³-hybridized carbons (Fsp3) is 0.538. The number of sulfonamides is 1. The Labute approximate surface area is 120 Å². The number of hydrogen-bond donors (Lipinski definition) is 1. The van der Waals surface area contributed by atoms with Crippen LogP contribution in [0.2, 0.25) is 0 Å². The van der Waals surface area contributed by atoms with E-state index in [1.165, 1.54) is 23.5 Å². The van der Waals surface area contributed by atoms with E-state index < -0.39 is 15.8 Å². The molecule has 7 heteroatoms. The Kier molecular flexibility index (Phi) is 6.07. The Bertz CT molecular complexity index is 547. The zero-order valence-corrected chi connectivity index (χ0v) is 13.2. The van der Waals surface area contributed by atoms with Gasteiger partial charge in [-0.05, 0) is 38.8 Å². The predicted octanol–water partition coefficient (Wildman–Crippen LogP) is 0.727. The van der Waals surface area contributed by atoms with Gasteiger partial charge in [-0.2, -0.15) is 4.31 Å². The fourth-order valence-corrected chi connectivity index (χ4v) is 2.90. The van der Waals surface area contributed by atoms with Crippen molar-refractivity contribution >= 4 is 10.0 Å². The largest absolute Gasteiger partial charge is 0.316 e. The molecule has 1 aromatic carbocycles. The molecule has 0 unspecified atom stereocenters. The molecule has 0 aliphatic carbocycles. The SMILES string of the molecule is CNCc1ccc(S(=O)(=O)N(C)CCN(C)C)c(F)c1. The van der Waals surface area contributed by atoms with Gasteiger partial charge in [0.1, 0.15) is 10.7 Å². The van der Waals surface area contributed by atoms with Gasteiger partial charge in [-0.3, -0.25) is 0 Å².